The molecule has 3 N–H and O–H groups in total. The molecule has 0 radical (unpaired) electrons. The van der Waals surface area contributed by atoms with Crippen molar-refractivity contribution in [1.29, 1.82) is 0 Å². The largest absolute Gasteiger partial charge is 0.356 e. The molecule has 3 amide bonds. The summed E-state index contributed by atoms with van der Waals surface area (Å²) in [6.45, 7) is 14.9. The van der Waals surface area contributed by atoms with Gasteiger partial charge in [0, 0.05) is 35.9 Å². The van der Waals surface area contributed by atoms with Crippen LogP contribution >= 0.6 is 0 Å². The number of unbranched alkanes of at least 4 members (excludes halogenated alkanes) is 45. The molecule has 72 heavy (non-hydrogen) atoms. The van der Waals surface area contributed by atoms with E-state index in [2.05, 4.69) is 36.7 Å². The Hall–Kier alpha value is -1.59. The molecule has 0 unspecified atom stereocenters. The molecule has 1 fully saturated rings. The Labute approximate surface area is 451 Å². The van der Waals surface area contributed by atoms with Crippen LogP contribution in [-0.4, -0.2) is 37.4 Å². The van der Waals surface area contributed by atoms with Crippen LogP contribution in [0.25, 0.3) is 0 Å². The maximum atomic E-state index is 14.2. The zero-order valence-corrected chi connectivity index (χ0v) is 49.9. The van der Waals surface area contributed by atoms with Gasteiger partial charge in [0.25, 0.3) is 0 Å². The molecule has 0 aromatic heterocycles. The van der Waals surface area contributed by atoms with Gasteiger partial charge >= 0.3 is 0 Å². The van der Waals surface area contributed by atoms with Crippen molar-refractivity contribution >= 4 is 17.7 Å². The van der Waals surface area contributed by atoms with Gasteiger partial charge in [0.2, 0.25) is 17.7 Å². The van der Waals surface area contributed by atoms with Crippen LogP contribution in [-0.2, 0) is 14.4 Å². The quantitative estimate of drug-likeness (QED) is 0.0531. The summed E-state index contributed by atoms with van der Waals surface area (Å²) in [4.78, 5) is 42.5. The molecule has 0 saturated heterocycles. The van der Waals surface area contributed by atoms with Crippen molar-refractivity contribution in [3.05, 3.63) is 0 Å². The third-order valence-corrected chi connectivity index (χ3v) is 16.9. The standard InChI is InChI=1S/C66H129N3O3/c1-7-10-13-16-19-22-25-28-31-34-37-40-43-46-49-52-55-67-61(70)64(4)58-65(5,62(71)68-56-53-50-47-44-41-38-35-32-29-26-23-20-17-14-11-8-2)60-66(6,59-64)63(72)69-57-54-51-48-45-42-39-36-33-30-27-24-21-18-15-12-9-3/h7-60H2,1-6H3,(H,67,70)(H,68,71)(H,69,72). The van der Waals surface area contributed by atoms with E-state index in [9.17, 15) is 14.4 Å². The lowest BCUT2D eigenvalue weighted by atomic mass is 9.53. The van der Waals surface area contributed by atoms with Gasteiger partial charge in [-0.3, -0.25) is 14.4 Å². The van der Waals surface area contributed by atoms with Crippen molar-refractivity contribution in [3.63, 3.8) is 0 Å². The molecule has 6 heteroatoms. The van der Waals surface area contributed by atoms with E-state index in [1.807, 2.05) is 20.8 Å². The Morgan fingerprint density at radius 1 is 0.236 bits per heavy atom. The molecule has 0 bridgehead atoms. The van der Waals surface area contributed by atoms with Gasteiger partial charge in [-0.05, 0) is 38.5 Å². The van der Waals surface area contributed by atoms with Gasteiger partial charge in [-0.2, -0.15) is 0 Å². The monoisotopic (exact) mass is 1010 g/mol. The van der Waals surface area contributed by atoms with Gasteiger partial charge < -0.3 is 16.0 Å². The maximum Gasteiger partial charge on any atom is 0.226 e. The molecular weight excluding hydrogens is 883 g/mol. The maximum absolute atomic E-state index is 14.2. The lowest BCUT2D eigenvalue weighted by molar-refractivity contribution is -0.154. The number of nitrogens with one attached hydrogen (secondary N) is 3. The summed E-state index contributed by atoms with van der Waals surface area (Å²) in [5, 5.41) is 9.90. The van der Waals surface area contributed by atoms with E-state index in [0.29, 0.717) is 38.9 Å². The van der Waals surface area contributed by atoms with Gasteiger partial charge in [-0.25, -0.2) is 0 Å². The lowest BCUT2D eigenvalue weighted by Crippen LogP contribution is -2.58. The van der Waals surface area contributed by atoms with Crippen molar-refractivity contribution in [2.45, 2.75) is 369 Å². The third kappa shape index (κ3) is 37.2. The molecule has 0 heterocycles. The third-order valence-electron chi connectivity index (χ3n) is 16.9. The zero-order chi connectivity index (χ0) is 52.5. The molecule has 6 nitrogen and oxygen atoms in total. The summed E-state index contributed by atoms with van der Waals surface area (Å²) in [7, 11) is 0. The highest BCUT2D eigenvalue weighted by Crippen LogP contribution is 2.55. The Morgan fingerprint density at radius 3 is 0.500 bits per heavy atom. The number of carbonyl (C=O) groups is 3. The first kappa shape index (κ1) is 68.4. The Kier molecular flexibility index (Phi) is 45.5. The van der Waals surface area contributed by atoms with Crippen LogP contribution in [0.1, 0.15) is 369 Å². The average molecular weight is 1010 g/mol. The summed E-state index contributed by atoms with van der Waals surface area (Å²) in [6, 6.07) is 0. The fourth-order valence-electron chi connectivity index (χ4n) is 12.5. The van der Waals surface area contributed by atoms with Crippen molar-refractivity contribution in [1.82, 2.24) is 16.0 Å². The predicted molar refractivity (Wildman–Crippen MR) is 316 cm³/mol. The molecule has 1 aliphatic carbocycles. The smallest absolute Gasteiger partial charge is 0.226 e. The molecule has 0 aliphatic heterocycles. The average Bonchev–Trinajstić information content (AvgIpc) is 3.36. The van der Waals surface area contributed by atoms with Gasteiger partial charge in [0.05, 0.1) is 0 Å². The van der Waals surface area contributed by atoms with Crippen LogP contribution in [0.5, 0.6) is 0 Å². The molecule has 0 aromatic carbocycles. The molecule has 0 spiro atoms. The second-order valence-electron chi connectivity index (χ2n) is 24.9. The summed E-state index contributed by atoms with van der Waals surface area (Å²) >= 11 is 0. The van der Waals surface area contributed by atoms with Crippen LogP contribution in [0.3, 0.4) is 0 Å². The fourth-order valence-corrected chi connectivity index (χ4v) is 12.5. The summed E-state index contributed by atoms with van der Waals surface area (Å²) < 4.78 is 0. The van der Waals surface area contributed by atoms with Crippen molar-refractivity contribution in [2.24, 2.45) is 16.2 Å². The van der Waals surface area contributed by atoms with Crippen molar-refractivity contribution < 1.29 is 14.4 Å². The molecule has 1 rings (SSSR count). The molecule has 0 atom stereocenters. The molecule has 426 valence electrons. The number of hydrogen-bond donors (Lipinski definition) is 3. The van der Waals surface area contributed by atoms with E-state index >= 15 is 0 Å². The van der Waals surface area contributed by atoms with Crippen molar-refractivity contribution in [2.75, 3.05) is 19.6 Å². The Morgan fingerprint density at radius 2 is 0.361 bits per heavy atom. The molecule has 1 saturated carbocycles. The summed E-state index contributed by atoms with van der Waals surface area (Å²) in [5.74, 6) is 0.0328. The van der Waals surface area contributed by atoms with Crippen LogP contribution in [0.2, 0.25) is 0 Å². The summed E-state index contributed by atoms with van der Waals surface area (Å²) in [5.41, 5.74) is -2.39. The van der Waals surface area contributed by atoms with Gasteiger partial charge in [0.15, 0.2) is 0 Å². The van der Waals surface area contributed by atoms with Crippen LogP contribution < -0.4 is 16.0 Å². The van der Waals surface area contributed by atoms with Crippen LogP contribution in [0.15, 0.2) is 0 Å². The minimum absolute atomic E-state index is 0.0109. The Balaban J connectivity index is 2.53. The van der Waals surface area contributed by atoms with E-state index in [4.69, 9.17) is 0 Å². The normalized spacial score (nSPS) is 18.9. The van der Waals surface area contributed by atoms with Gasteiger partial charge in [-0.1, -0.05) is 330 Å². The van der Waals surface area contributed by atoms with E-state index in [0.717, 1.165) is 38.5 Å². The van der Waals surface area contributed by atoms with Crippen LogP contribution in [0, 0.1) is 16.2 Å². The van der Waals surface area contributed by atoms with E-state index in [1.165, 1.54) is 270 Å². The number of rotatable bonds is 54. The zero-order valence-electron chi connectivity index (χ0n) is 49.9. The van der Waals surface area contributed by atoms with E-state index in [-0.39, 0.29) is 17.7 Å². The van der Waals surface area contributed by atoms with E-state index in [1.54, 1.807) is 0 Å². The summed E-state index contributed by atoms with van der Waals surface area (Å²) in [6.07, 6.45) is 65.2. The molecule has 0 aromatic rings. The highest BCUT2D eigenvalue weighted by Gasteiger charge is 2.57. The minimum Gasteiger partial charge on any atom is -0.356 e. The first-order valence-electron chi connectivity index (χ1n) is 32.9. The van der Waals surface area contributed by atoms with E-state index < -0.39 is 16.2 Å². The van der Waals surface area contributed by atoms with Crippen molar-refractivity contribution in [3.8, 4) is 0 Å². The second kappa shape index (κ2) is 47.8. The Bertz CT molecular complexity index is 1080. The molecule has 1 aliphatic rings. The van der Waals surface area contributed by atoms with Gasteiger partial charge in [0.1, 0.15) is 0 Å². The van der Waals surface area contributed by atoms with Gasteiger partial charge in [-0.15, -0.1) is 0 Å². The number of hydrogen-bond acceptors (Lipinski definition) is 3. The topological polar surface area (TPSA) is 87.3 Å². The first-order chi connectivity index (χ1) is 35.1. The minimum atomic E-state index is -0.798. The highest BCUT2D eigenvalue weighted by molar-refractivity contribution is 5.90. The second-order valence-corrected chi connectivity index (χ2v) is 24.9. The fraction of sp³-hybridized carbons (Fsp3) is 0.955. The SMILES string of the molecule is CCCCCCCCCCCCCCCCCCNC(=O)C1(C)CC(C)(C(=O)NCCCCCCCCCCCCCCCCCC)CC(C)(C(=O)NCCCCCCCCCCCCCCCCCC)C1. The lowest BCUT2D eigenvalue weighted by Gasteiger charge is -2.50. The highest BCUT2D eigenvalue weighted by atomic mass is 16.2. The predicted octanol–water partition coefficient (Wildman–Crippen LogP) is 20.3. The number of carbonyl (C=O) groups excluding carboxylic acids is 3. The van der Waals surface area contributed by atoms with Crippen LogP contribution in [0.4, 0.5) is 0 Å². The first-order valence-corrected chi connectivity index (χ1v) is 32.9. The number of amides is 3. The molecular formula is C66H129N3O3.